The highest BCUT2D eigenvalue weighted by Crippen LogP contribution is 2.46. The van der Waals surface area contributed by atoms with E-state index < -0.39 is 5.92 Å². The summed E-state index contributed by atoms with van der Waals surface area (Å²) < 4.78 is 5.72. The number of esters is 1. The van der Waals surface area contributed by atoms with Crippen LogP contribution >= 0.6 is 0 Å². The first-order valence-corrected chi connectivity index (χ1v) is 11.3. The van der Waals surface area contributed by atoms with Crippen LogP contribution in [0.3, 0.4) is 0 Å². The van der Waals surface area contributed by atoms with Crippen molar-refractivity contribution in [1.82, 2.24) is 5.32 Å². The summed E-state index contributed by atoms with van der Waals surface area (Å²) in [6.07, 6.45) is 1.91. The number of aryl methyl sites for hydroxylation is 1. The average molecular weight is 430 g/mol. The SMILES string of the molecule is CC1=C(C(=O)OCCc2ccccc2)[C@@H](c2ccc(C)cc2)C2=C(CC(C)(C)CC2=O)N1. The molecule has 2 aliphatic rings. The van der Waals surface area contributed by atoms with Gasteiger partial charge >= 0.3 is 5.97 Å². The Morgan fingerprint density at radius 1 is 1.03 bits per heavy atom. The number of carbonyl (C=O) groups excluding carboxylic acids is 2. The smallest absolute Gasteiger partial charge is 0.336 e. The predicted octanol–water partition coefficient (Wildman–Crippen LogP) is 5.38. The zero-order valence-corrected chi connectivity index (χ0v) is 19.3. The molecule has 166 valence electrons. The van der Waals surface area contributed by atoms with E-state index in [0.717, 1.165) is 34.5 Å². The van der Waals surface area contributed by atoms with Crippen molar-refractivity contribution in [3.05, 3.63) is 93.8 Å². The molecular formula is C28H31NO3. The van der Waals surface area contributed by atoms with Gasteiger partial charge in [-0.05, 0) is 36.8 Å². The number of rotatable bonds is 5. The molecule has 1 heterocycles. The van der Waals surface area contributed by atoms with Gasteiger partial charge in [-0.3, -0.25) is 4.79 Å². The second-order valence-corrected chi connectivity index (χ2v) is 9.71. The first-order valence-electron chi connectivity index (χ1n) is 11.3. The van der Waals surface area contributed by atoms with Gasteiger partial charge in [-0.1, -0.05) is 74.0 Å². The number of dihydropyridines is 1. The summed E-state index contributed by atoms with van der Waals surface area (Å²) in [5, 5.41) is 3.39. The molecular weight excluding hydrogens is 398 g/mol. The van der Waals surface area contributed by atoms with Gasteiger partial charge in [0.05, 0.1) is 12.2 Å². The average Bonchev–Trinajstić information content (AvgIpc) is 2.73. The molecule has 4 nitrogen and oxygen atoms in total. The molecule has 1 aliphatic heterocycles. The highest BCUT2D eigenvalue weighted by atomic mass is 16.5. The van der Waals surface area contributed by atoms with Crippen molar-refractivity contribution in [2.45, 2.75) is 52.9 Å². The van der Waals surface area contributed by atoms with E-state index in [1.165, 1.54) is 0 Å². The second kappa shape index (κ2) is 8.78. The third kappa shape index (κ3) is 4.55. The quantitative estimate of drug-likeness (QED) is 0.648. The lowest BCUT2D eigenvalue weighted by Gasteiger charge is -2.39. The molecule has 4 rings (SSSR count). The topological polar surface area (TPSA) is 55.4 Å². The zero-order chi connectivity index (χ0) is 22.9. The number of nitrogens with one attached hydrogen (secondary N) is 1. The Hall–Kier alpha value is -3.14. The van der Waals surface area contributed by atoms with E-state index in [0.29, 0.717) is 30.6 Å². The molecule has 0 fully saturated rings. The van der Waals surface area contributed by atoms with Gasteiger partial charge in [0.15, 0.2) is 5.78 Å². The number of ketones is 1. The molecule has 0 radical (unpaired) electrons. The Morgan fingerprint density at radius 3 is 2.41 bits per heavy atom. The molecule has 0 aromatic heterocycles. The largest absolute Gasteiger partial charge is 0.462 e. The molecule has 2 aromatic rings. The summed E-state index contributed by atoms with van der Waals surface area (Å²) in [4.78, 5) is 26.6. The number of ether oxygens (including phenoxy) is 1. The summed E-state index contributed by atoms with van der Waals surface area (Å²) in [6.45, 7) is 8.47. The fourth-order valence-corrected chi connectivity index (χ4v) is 4.78. The molecule has 0 spiro atoms. The molecule has 4 heteroatoms. The van der Waals surface area contributed by atoms with Gasteiger partial charge in [-0.2, -0.15) is 0 Å². The lowest BCUT2D eigenvalue weighted by molar-refractivity contribution is -0.139. The lowest BCUT2D eigenvalue weighted by Crippen LogP contribution is -2.38. The van der Waals surface area contributed by atoms with Crippen LogP contribution in [0.4, 0.5) is 0 Å². The maximum Gasteiger partial charge on any atom is 0.336 e. The van der Waals surface area contributed by atoms with E-state index in [-0.39, 0.29) is 17.2 Å². The van der Waals surface area contributed by atoms with E-state index in [4.69, 9.17) is 4.74 Å². The van der Waals surface area contributed by atoms with Crippen molar-refractivity contribution in [1.29, 1.82) is 0 Å². The fourth-order valence-electron chi connectivity index (χ4n) is 4.78. The number of hydrogen-bond donors (Lipinski definition) is 1. The predicted molar refractivity (Wildman–Crippen MR) is 126 cm³/mol. The minimum absolute atomic E-state index is 0.102. The van der Waals surface area contributed by atoms with Crippen LogP contribution in [-0.4, -0.2) is 18.4 Å². The van der Waals surface area contributed by atoms with Crippen LogP contribution in [0, 0.1) is 12.3 Å². The molecule has 1 N–H and O–H groups in total. The van der Waals surface area contributed by atoms with Gasteiger partial charge in [0.25, 0.3) is 0 Å². The van der Waals surface area contributed by atoms with Gasteiger partial charge in [-0.25, -0.2) is 4.79 Å². The first-order chi connectivity index (χ1) is 15.2. The van der Waals surface area contributed by atoms with Crippen molar-refractivity contribution < 1.29 is 14.3 Å². The van der Waals surface area contributed by atoms with E-state index in [2.05, 4.69) is 19.2 Å². The van der Waals surface area contributed by atoms with E-state index >= 15 is 0 Å². The van der Waals surface area contributed by atoms with Gasteiger partial charge in [0.2, 0.25) is 0 Å². The zero-order valence-electron chi connectivity index (χ0n) is 19.3. The van der Waals surface area contributed by atoms with Gasteiger partial charge in [0, 0.05) is 35.7 Å². The molecule has 0 saturated heterocycles. The third-order valence-electron chi connectivity index (χ3n) is 6.34. The van der Waals surface area contributed by atoms with E-state index in [9.17, 15) is 9.59 Å². The van der Waals surface area contributed by atoms with Gasteiger partial charge in [-0.15, -0.1) is 0 Å². The Balaban J connectivity index is 1.66. The lowest BCUT2D eigenvalue weighted by atomic mass is 9.68. The highest BCUT2D eigenvalue weighted by Gasteiger charge is 2.43. The Labute approximate surface area is 190 Å². The summed E-state index contributed by atoms with van der Waals surface area (Å²) in [7, 11) is 0. The van der Waals surface area contributed by atoms with Crippen molar-refractivity contribution in [2.24, 2.45) is 5.41 Å². The van der Waals surface area contributed by atoms with E-state index in [1.54, 1.807) is 0 Å². The van der Waals surface area contributed by atoms with Crippen LogP contribution in [0.2, 0.25) is 0 Å². The van der Waals surface area contributed by atoms with E-state index in [1.807, 2.05) is 68.4 Å². The van der Waals surface area contributed by atoms with Crippen LogP contribution in [0.1, 0.15) is 56.2 Å². The first kappa shape index (κ1) is 22.1. The number of allylic oxidation sites excluding steroid dienone is 3. The number of carbonyl (C=O) groups is 2. The summed E-state index contributed by atoms with van der Waals surface area (Å²) in [5.74, 6) is -0.656. The minimum Gasteiger partial charge on any atom is -0.462 e. The van der Waals surface area contributed by atoms with Gasteiger partial charge < -0.3 is 10.1 Å². The molecule has 0 unspecified atom stereocenters. The van der Waals surface area contributed by atoms with Gasteiger partial charge in [0.1, 0.15) is 0 Å². The molecule has 2 aromatic carbocycles. The van der Waals surface area contributed by atoms with Crippen LogP contribution in [0.15, 0.2) is 77.1 Å². The molecule has 1 atom stereocenters. The fraction of sp³-hybridized carbons (Fsp3) is 0.357. The second-order valence-electron chi connectivity index (χ2n) is 9.71. The van der Waals surface area contributed by atoms with Crippen LogP contribution in [-0.2, 0) is 20.7 Å². The summed E-state index contributed by atoms with van der Waals surface area (Å²) in [6, 6.07) is 18.1. The Kier molecular flexibility index (Phi) is 6.05. The maximum absolute atomic E-state index is 13.3. The van der Waals surface area contributed by atoms with Crippen LogP contribution < -0.4 is 5.32 Å². The standard InChI is InChI=1S/C28H31NO3/c1-18-10-12-21(13-11-18)25-24(27(31)32-15-14-20-8-6-5-7-9-20)19(2)29-22-16-28(3,4)17-23(30)26(22)25/h5-13,25,29H,14-17H2,1-4H3/t25-/m1/s1. The summed E-state index contributed by atoms with van der Waals surface area (Å²) >= 11 is 0. The molecule has 0 saturated carbocycles. The molecule has 1 aliphatic carbocycles. The molecule has 0 amide bonds. The van der Waals surface area contributed by atoms with Crippen LogP contribution in [0.5, 0.6) is 0 Å². The van der Waals surface area contributed by atoms with Crippen LogP contribution in [0.25, 0.3) is 0 Å². The minimum atomic E-state index is -0.403. The molecule has 0 bridgehead atoms. The Bertz CT molecular complexity index is 1090. The normalized spacial score (nSPS) is 20.0. The number of benzene rings is 2. The number of Topliss-reactive ketones (excluding diaryl/α,β-unsaturated/α-hetero) is 1. The monoisotopic (exact) mass is 429 g/mol. The number of hydrogen-bond acceptors (Lipinski definition) is 4. The van der Waals surface area contributed by atoms with Crippen molar-refractivity contribution >= 4 is 11.8 Å². The van der Waals surface area contributed by atoms with Crippen molar-refractivity contribution in [3.63, 3.8) is 0 Å². The highest BCUT2D eigenvalue weighted by molar-refractivity contribution is 6.04. The van der Waals surface area contributed by atoms with Crippen molar-refractivity contribution in [2.75, 3.05) is 6.61 Å². The maximum atomic E-state index is 13.3. The van der Waals surface area contributed by atoms with Crippen molar-refractivity contribution in [3.8, 4) is 0 Å². The third-order valence-corrected chi connectivity index (χ3v) is 6.34. The molecule has 32 heavy (non-hydrogen) atoms. The Morgan fingerprint density at radius 2 is 1.72 bits per heavy atom. The summed E-state index contributed by atoms with van der Waals surface area (Å²) in [5.41, 5.74) is 6.07.